The van der Waals surface area contributed by atoms with E-state index < -0.39 is 16.0 Å². The number of imidazole rings is 1. The number of aromatic amines is 1. The van der Waals surface area contributed by atoms with Gasteiger partial charge in [-0.1, -0.05) is 13.8 Å². The number of nitrogens with zero attached hydrogens (tertiary/aromatic N) is 1. The third-order valence-electron chi connectivity index (χ3n) is 3.58. The fraction of sp³-hybridized carbons (Fsp3) is 0.375. The third-order valence-corrected chi connectivity index (χ3v) is 4.86. The Morgan fingerprint density at radius 1 is 1.15 bits per heavy atom. The highest BCUT2D eigenvalue weighted by molar-refractivity contribution is 7.92. The van der Waals surface area contributed by atoms with Crippen LogP contribution in [0.3, 0.4) is 0 Å². The minimum Gasteiger partial charge on any atom is -0.493 e. The van der Waals surface area contributed by atoms with Crippen LogP contribution < -0.4 is 14.2 Å². The van der Waals surface area contributed by atoms with E-state index in [1.807, 2.05) is 13.8 Å². The van der Waals surface area contributed by atoms with Crippen LogP contribution in [0.5, 0.6) is 11.5 Å². The van der Waals surface area contributed by atoms with Crippen LogP contribution in [0.2, 0.25) is 0 Å². The van der Waals surface area contributed by atoms with E-state index in [9.17, 15) is 13.2 Å². The lowest BCUT2D eigenvalue weighted by molar-refractivity contribution is 0.0601. The SMILES string of the molecule is COC(=O)c1cc(OC)c(OC)cc1NS(=O)(=O)c1cnc(C(C)C)[nH]1. The van der Waals surface area contributed by atoms with Crippen LogP contribution >= 0.6 is 0 Å². The monoisotopic (exact) mass is 383 g/mol. The van der Waals surface area contributed by atoms with Gasteiger partial charge in [-0.05, 0) is 0 Å². The number of aromatic nitrogens is 2. The number of methoxy groups -OCH3 is 3. The van der Waals surface area contributed by atoms with E-state index in [-0.39, 0.29) is 33.7 Å². The van der Waals surface area contributed by atoms with Crippen molar-refractivity contribution >= 4 is 21.7 Å². The molecule has 9 nitrogen and oxygen atoms in total. The van der Waals surface area contributed by atoms with Crippen LogP contribution in [-0.4, -0.2) is 45.7 Å². The normalized spacial score (nSPS) is 11.3. The standard InChI is InChI=1S/C16H21N3O6S/c1-9(2)15-17-8-14(18-15)26(21,22)19-11-7-13(24-4)12(23-3)6-10(11)16(20)25-5/h6-9,19H,1-5H3,(H,17,18). The van der Waals surface area contributed by atoms with Gasteiger partial charge in [-0.15, -0.1) is 0 Å². The Bertz CT molecular complexity index is 905. The molecule has 0 bridgehead atoms. The quantitative estimate of drug-likeness (QED) is 0.703. The number of hydrogen-bond donors (Lipinski definition) is 2. The molecule has 2 N–H and O–H groups in total. The summed E-state index contributed by atoms with van der Waals surface area (Å²) in [6.07, 6.45) is 1.22. The van der Waals surface area contributed by atoms with Gasteiger partial charge in [0.25, 0.3) is 10.0 Å². The van der Waals surface area contributed by atoms with Gasteiger partial charge in [-0.2, -0.15) is 8.42 Å². The van der Waals surface area contributed by atoms with E-state index in [2.05, 4.69) is 14.7 Å². The van der Waals surface area contributed by atoms with Crippen LogP contribution in [0, 0.1) is 0 Å². The van der Waals surface area contributed by atoms with Gasteiger partial charge in [0, 0.05) is 18.1 Å². The van der Waals surface area contributed by atoms with Gasteiger partial charge in [-0.25, -0.2) is 9.78 Å². The maximum atomic E-state index is 12.6. The maximum absolute atomic E-state index is 12.6. The highest BCUT2D eigenvalue weighted by Crippen LogP contribution is 2.34. The van der Waals surface area contributed by atoms with Crippen LogP contribution in [0.4, 0.5) is 5.69 Å². The van der Waals surface area contributed by atoms with Gasteiger partial charge < -0.3 is 19.2 Å². The predicted octanol–water partition coefficient (Wildman–Crippen LogP) is 2.14. The summed E-state index contributed by atoms with van der Waals surface area (Å²) in [5, 5.41) is -0.119. The number of esters is 1. The number of hydrogen-bond acceptors (Lipinski definition) is 7. The molecule has 0 aliphatic carbocycles. The molecule has 1 aromatic heterocycles. The van der Waals surface area contributed by atoms with E-state index in [0.717, 1.165) is 0 Å². The minimum atomic E-state index is -4.01. The molecule has 0 amide bonds. The zero-order chi connectivity index (χ0) is 19.5. The Labute approximate surface area is 151 Å². The van der Waals surface area contributed by atoms with Crippen molar-refractivity contribution in [3.8, 4) is 11.5 Å². The Kier molecular flexibility index (Phi) is 5.76. The largest absolute Gasteiger partial charge is 0.493 e. The van der Waals surface area contributed by atoms with E-state index >= 15 is 0 Å². The molecule has 0 saturated heterocycles. The molecule has 2 aromatic rings. The fourth-order valence-corrected chi connectivity index (χ4v) is 3.19. The number of benzene rings is 1. The Balaban J connectivity index is 2.50. The Morgan fingerprint density at radius 2 is 1.77 bits per heavy atom. The number of anilines is 1. The second-order valence-electron chi connectivity index (χ2n) is 5.64. The van der Waals surface area contributed by atoms with Crippen molar-refractivity contribution in [2.75, 3.05) is 26.1 Å². The number of rotatable bonds is 7. The summed E-state index contributed by atoms with van der Waals surface area (Å²) in [6.45, 7) is 3.76. The van der Waals surface area contributed by atoms with Crippen molar-refractivity contribution in [1.29, 1.82) is 0 Å². The van der Waals surface area contributed by atoms with Gasteiger partial charge in [-0.3, -0.25) is 4.72 Å². The lowest BCUT2D eigenvalue weighted by Crippen LogP contribution is -2.17. The van der Waals surface area contributed by atoms with E-state index in [0.29, 0.717) is 5.82 Å². The van der Waals surface area contributed by atoms with Crippen LogP contribution in [0.25, 0.3) is 0 Å². The fourth-order valence-electron chi connectivity index (χ4n) is 2.19. The lowest BCUT2D eigenvalue weighted by Gasteiger charge is -2.15. The number of nitrogens with one attached hydrogen (secondary N) is 2. The highest BCUT2D eigenvalue weighted by Gasteiger charge is 2.24. The molecule has 0 saturated carbocycles. The first kappa shape index (κ1) is 19.6. The van der Waals surface area contributed by atoms with Gasteiger partial charge in [0.05, 0.1) is 38.8 Å². The second kappa shape index (κ2) is 7.65. The molecule has 0 radical (unpaired) electrons. The zero-order valence-electron chi connectivity index (χ0n) is 15.1. The summed E-state index contributed by atoms with van der Waals surface area (Å²) in [5.74, 6) is 0.359. The smallest absolute Gasteiger partial charge is 0.340 e. The number of sulfonamides is 1. The number of H-pyrrole nitrogens is 1. The third kappa shape index (κ3) is 3.90. The molecular weight excluding hydrogens is 362 g/mol. The Hall–Kier alpha value is -2.75. The maximum Gasteiger partial charge on any atom is 0.340 e. The van der Waals surface area contributed by atoms with Gasteiger partial charge in [0.15, 0.2) is 16.5 Å². The summed E-state index contributed by atoms with van der Waals surface area (Å²) in [7, 11) is -0.00733. The number of ether oxygens (including phenoxy) is 3. The molecule has 0 spiro atoms. The van der Waals surface area contributed by atoms with Gasteiger partial charge >= 0.3 is 5.97 Å². The molecule has 1 aromatic carbocycles. The molecule has 0 unspecified atom stereocenters. The van der Waals surface area contributed by atoms with Crippen molar-refractivity contribution in [2.24, 2.45) is 0 Å². The second-order valence-corrected chi connectivity index (χ2v) is 7.29. The van der Waals surface area contributed by atoms with E-state index in [1.54, 1.807) is 0 Å². The van der Waals surface area contributed by atoms with Crippen LogP contribution in [0.1, 0.15) is 35.9 Å². The summed E-state index contributed by atoms with van der Waals surface area (Å²) < 4.78 is 42.7. The molecule has 0 atom stereocenters. The highest BCUT2D eigenvalue weighted by atomic mass is 32.2. The summed E-state index contributed by atoms with van der Waals surface area (Å²) in [4.78, 5) is 18.8. The first-order valence-corrected chi connectivity index (χ1v) is 9.13. The van der Waals surface area contributed by atoms with Crippen LogP contribution in [-0.2, 0) is 14.8 Å². The first-order chi connectivity index (χ1) is 12.2. The Morgan fingerprint density at radius 3 is 2.27 bits per heavy atom. The molecule has 0 fully saturated rings. The molecule has 26 heavy (non-hydrogen) atoms. The average molecular weight is 383 g/mol. The van der Waals surface area contributed by atoms with E-state index in [4.69, 9.17) is 14.2 Å². The van der Waals surface area contributed by atoms with Gasteiger partial charge in [0.1, 0.15) is 5.82 Å². The van der Waals surface area contributed by atoms with Crippen molar-refractivity contribution in [2.45, 2.75) is 24.8 Å². The van der Waals surface area contributed by atoms with Crippen molar-refractivity contribution in [1.82, 2.24) is 9.97 Å². The molecule has 10 heteroatoms. The minimum absolute atomic E-state index is 0.00445. The molecule has 2 rings (SSSR count). The summed E-state index contributed by atoms with van der Waals surface area (Å²) in [5.41, 5.74) is -0.0208. The lowest BCUT2D eigenvalue weighted by atomic mass is 10.1. The van der Waals surface area contributed by atoms with Crippen molar-refractivity contribution in [3.63, 3.8) is 0 Å². The molecule has 142 valence electrons. The zero-order valence-corrected chi connectivity index (χ0v) is 15.9. The first-order valence-electron chi connectivity index (χ1n) is 7.65. The predicted molar refractivity (Wildman–Crippen MR) is 94.4 cm³/mol. The molecule has 0 aliphatic heterocycles. The van der Waals surface area contributed by atoms with E-state index in [1.165, 1.54) is 39.7 Å². The van der Waals surface area contributed by atoms with Crippen LogP contribution in [0.15, 0.2) is 23.4 Å². The average Bonchev–Trinajstić information content (AvgIpc) is 3.11. The summed E-state index contributed by atoms with van der Waals surface area (Å²) in [6, 6.07) is 2.69. The summed E-state index contributed by atoms with van der Waals surface area (Å²) >= 11 is 0. The van der Waals surface area contributed by atoms with Crippen molar-refractivity contribution < 1.29 is 27.4 Å². The number of carbonyl (C=O) groups is 1. The molecule has 1 heterocycles. The molecule has 0 aliphatic rings. The van der Waals surface area contributed by atoms with Gasteiger partial charge in [0.2, 0.25) is 0 Å². The number of carbonyl (C=O) groups excluding carboxylic acids is 1. The topological polar surface area (TPSA) is 120 Å². The molecular formula is C16H21N3O6S. The van der Waals surface area contributed by atoms with Crippen molar-refractivity contribution in [3.05, 3.63) is 29.7 Å².